The minimum absolute atomic E-state index is 0.184. The highest BCUT2D eigenvalue weighted by Gasteiger charge is 2.51. The molecule has 0 bridgehead atoms. The van der Waals surface area contributed by atoms with E-state index < -0.39 is 6.04 Å². The van der Waals surface area contributed by atoms with Crippen molar-refractivity contribution in [2.45, 2.75) is 69.7 Å². The third-order valence-corrected chi connectivity index (χ3v) is 7.26. The molecule has 3 aliphatic rings. The number of nitrogens with zero attached hydrogens (tertiary/aromatic N) is 1. The van der Waals surface area contributed by atoms with Crippen LogP contribution in [0.1, 0.15) is 63.9 Å². The van der Waals surface area contributed by atoms with Crippen LogP contribution in [0.4, 0.5) is 4.39 Å². The highest BCUT2D eigenvalue weighted by Crippen LogP contribution is 2.41. The van der Waals surface area contributed by atoms with Crippen molar-refractivity contribution in [1.82, 2.24) is 10.2 Å². The van der Waals surface area contributed by atoms with E-state index in [4.69, 9.17) is 0 Å². The fourth-order valence-corrected chi connectivity index (χ4v) is 5.51. The van der Waals surface area contributed by atoms with Crippen LogP contribution in [0, 0.1) is 17.7 Å². The summed E-state index contributed by atoms with van der Waals surface area (Å²) >= 11 is 0. The maximum atomic E-state index is 13.4. The van der Waals surface area contributed by atoms with Gasteiger partial charge in [-0.1, -0.05) is 37.8 Å². The summed E-state index contributed by atoms with van der Waals surface area (Å²) in [6.07, 6.45) is 7.41. The smallest absolute Gasteiger partial charge is 0.243 e. The van der Waals surface area contributed by atoms with E-state index in [9.17, 15) is 18.8 Å². The number of carbonyl (C=O) groups is 3. The van der Waals surface area contributed by atoms with E-state index in [1.807, 2.05) is 0 Å². The first-order valence-electron chi connectivity index (χ1n) is 10.8. The van der Waals surface area contributed by atoms with Crippen LogP contribution in [-0.4, -0.2) is 35.2 Å². The molecule has 1 aromatic carbocycles. The summed E-state index contributed by atoms with van der Waals surface area (Å²) in [5.74, 6) is -1.42. The van der Waals surface area contributed by atoms with Crippen LogP contribution in [0.2, 0.25) is 0 Å². The number of benzene rings is 1. The Morgan fingerprint density at radius 3 is 2.17 bits per heavy atom. The molecule has 3 atom stereocenters. The Balaban J connectivity index is 1.45. The van der Waals surface area contributed by atoms with Gasteiger partial charge in [-0.05, 0) is 50.3 Å². The summed E-state index contributed by atoms with van der Waals surface area (Å²) in [4.78, 5) is 39.6. The Morgan fingerprint density at radius 2 is 1.62 bits per heavy atom. The molecule has 3 amide bonds. The molecule has 1 aromatic rings. The van der Waals surface area contributed by atoms with Crippen LogP contribution >= 0.6 is 0 Å². The molecule has 0 radical (unpaired) electrons. The average Bonchev–Trinajstić information content (AvgIpc) is 3.31. The highest BCUT2D eigenvalue weighted by atomic mass is 19.1. The number of halogens is 1. The van der Waals surface area contributed by atoms with E-state index in [1.165, 1.54) is 17.0 Å². The lowest BCUT2D eigenvalue weighted by Gasteiger charge is -2.31. The van der Waals surface area contributed by atoms with Gasteiger partial charge in [0.2, 0.25) is 17.7 Å². The summed E-state index contributed by atoms with van der Waals surface area (Å²) in [6, 6.07) is 5.72. The molecule has 6 heteroatoms. The molecule has 1 N–H and O–H groups in total. The van der Waals surface area contributed by atoms with Crippen molar-refractivity contribution < 1.29 is 18.8 Å². The number of nitrogens with one attached hydrogen (secondary N) is 1. The van der Waals surface area contributed by atoms with Crippen molar-refractivity contribution in [1.29, 1.82) is 0 Å². The molecular formula is C23H29FN2O3. The van der Waals surface area contributed by atoms with E-state index in [0.29, 0.717) is 6.54 Å². The molecule has 5 nitrogen and oxygen atoms in total. The summed E-state index contributed by atoms with van der Waals surface area (Å²) in [5, 5.41) is 3.00. The SMILES string of the molecule is CC(C(=O)NCC1(c2ccc(F)cc2)CCCC1)N1C(=O)C2CCCCC2C1=O. The Kier molecular flexibility index (Phi) is 5.45. The number of carbonyl (C=O) groups excluding carboxylic acids is 3. The van der Waals surface area contributed by atoms with Gasteiger partial charge in [-0.25, -0.2) is 4.39 Å². The minimum Gasteiger partial charge on any atom is -0.353 e. The van der Waals surface area contributed by atoms with Crippen molar-refractivity contribution >= 4 is 17.7 Å². The summed E-state index contributed by atoms with van der Waals surface area (Å²) < 4.78 is 13.4. The number of amides is 3. The third-order valence-electron chi connectivity index (χ3n) is 7.26. The second-order valence-electron chi connectivity index (χ2n) is 8.93. The van der Waals surface area contributed by atoms with E-state index >= 15 is 0 Å². The van der Waals surface area contributed by atoms with Gasteiger partial charge in [-0.3, -0.25) is 19.3 Å². The van der Waals surface area contributed by atoms with Crippen LogP contribution in [0.15, 0.2) is 24.3 Å². The molecule has 0 spiro atoms. The van der Waals surface area contributed by atoms with Gasteiger partial charge in [0.05, 0.1) is 11.8 Å². The van der Waals surface area contributed by atoms with Gasteiger partial charge in [-0.15, -0.1) is 0 Å². The fourth-order valence-electron chi connectivity index (χ4n) is 5.51. The fraction of sp³-hybridized carbons (Fsp3) is 0.609. The number of hydrogen-bond donors (Lipinski definition) is 1. The minimum atomic E-state index is -0.799. The second-order valence-corrected chi connectivity index (χ2v) is 8.93. The monoisotopic (exact) mass is 400 g/mol. The zero-order valence-electron chi connectivity index (χ0n) is 17.0. The van der Waals surface area contributed by atoms with Crippen molar-refractivity contribution in [2.24, 2.45) is 11.8 Å². The van der Waals surface area contributed by atoms with Crippen molar-refractivity contribution in [3.63, 3.8) is 0 Å². The molecule has 1 saturated heterocycles. The Hall–Kier alpha value is -2.24. The van der Waals surface area contributed by atoms with Crippen LogP contribution in [-0.2, 0) is 19.8 Å². The van der Waals surface area contributed by atoms with Gasteiger partial charge in [0.15, 0.2) is 0 Å². The van der Waals surface area contributed by atoms with E-state index in [-0.39, 0.29) is 40.8 Å². The predicted octanol–water partition coefficient (Wildman–Crippen LogP) is 3.32. The van der Waals surface area contributed by atoms with Crippen LogP contribution in [0.3, 0.4) is 0 Å². The Bertz CT molecular complexity index is 777. The van der Waals surface area contributed by atoms with E-state index in [1.54, 1.807) is 19.1 Å². The number of hydrogen-bond acceptors (Lipinski definition) is 3. The molecule has 29 heavy (non-hydrogen) atoms. The Labute approximate surface area is 171 Å². The lowest BCUT2D eigenvalue weighted by molar-refractivity contribution is -0.147. The molecule has 3 fully saturated rings. The molecule has 1 heterocycles. The van der Waals surface area contributed by atoms with Crippen LogP contribution < -0.4 is 5.32 Å². The van der Waals surface area contributed by atoms with Crippen LogP contribution in [0.25, 0.3) is 0 Å². The number of imide groups is 1. The molecule has 3 unspecified atom stereocenters. The average molecular weight is 400 g/mol. The molecule has 0 aromatic heterocycles. The van der Waals surface area contributed by atoms with Gasteiger partial charge in [0.25, 0.3) is 0 Å². The molecule has 4 rings (SSSR count). The summed E-state index contributed by atoms with van der Waals surface area (Å²) in [5.41, 5.74) is 0.819. The van der Waals surface area contributed by atoms with Gasteiger partial charge in [0.1, 0.15) is 11.9 Å². The normalized spacial score (nSPS) is 27.0. The molecule has 2 aliphatic carbocycles. The lowest BCUT2D eigenvalue weighted by atomic mass is 9.78. The molecule has 2 saturated carbocycles. The molecule has 156 valence electrons. The zero-order chi connectivity index (χ0) is 20.6. The van der Waals surface area contributed by atoms with Crippen molar-refractivity contribution in [3.05, 3.63) is 35.6 Å². The van der Waals surface area contributed by atoms with Gasteiger partial charge >= 0.3 is 0 Å². The van der Waals surface area contributed by atoms with Gasteiger partial charge in [0, 0.05) is 12.0 Å². The highest BCUT2D eigenvalue weighted by molar-refractivity contribution is 6.08. The first-order valence-corrected chi connectivity index (χ1v) is 10.8. The second kappa shape index (κ2) is 7.88. The topological polar surface area (TPSA) is 66.5 Å². The van der Waals surface area contributed by atoms with Gasteiger partial charge in [-0.2, -0.15) is 0 Å². The number of fused-ring (bicyclic) bond motifs is 1. The van der Waals surface area contributed by atoms with E-state index in [2.05, 4.69) is 5.32 Å². The van der Waals surface area contributed by atoms with Gasteiger partial charge < -0.3 is 5.32 Å². The summed E-state index contributed by atoms with van der Waals surface area (Å²) in [6.45, 7) is 2.08. The largest absolute Gasteiger partial charge is 0.353 e. The third kappa shape index (κ3) is 3.58. The lowest BCUT2D eigenvalue weighted by Crippen LogP contribution is -2.50. The number of likely N-dealkylation sites (tertiary alicyclic amines) is 1. The van der Waals surface area contributed by atoms with Crippen molar-refractivity contribution in [3.8, 4) is 0 Å². The number of rotatable bonds is 5. The maximum Gasteiger partial charge on any atom is 0.243 e. The van der Waals surface area contributed by atoms with E-state index in [0.717, 1.165) is 56.9 Å². The zero-order valence-corrected chi connectivity index (χ0v) is 17.0. The maximum absolute atomic E-state index is 13.4. The van der Waals surface area contributed by atoms with Crippen LogP contribution in [0.5, 0.6) is 0 Å². The summed E-state index contributed by atoms with van der Waals surface area (Å²) in [7, 11) is 0. The standard InChI is InChI=1S/C23H29FN2O3/c1-15(26-21(28)18-6-2-3-7-19(18)22(26)29)20(27)25-14-23(12-4-5-13-23)16-8-10-17(24)11-9-16/h8-11,15,18-19H,2-7,12-14H2,1H3,(H,25,27). The first-order chi connectivity index (χ1) is 13.9. The quantitative estimate of drug-likeness (QED) is 0.771. The Morgan fingerprint density at radius 1 is 1.07 bits per heavy atom. The predicted molar refractivity (Wildman–Crippen MR) is 106 cm³/mol. The molecule has 1 aliphatic heterocycles. The first kappa shape index (κ1) is 20.0. The van der Waals surface area contributed by atoms with Crippen molar-refractivity contribution in [2.75, 3.05) is 6.54 Å². The molecular weight excluding hydrogens is 371 g/mol.